The van der Waals surface area contributed by atoms with Crippen LogP contribution in [0.4, 0.5) is 18.9 Å². The number of rotatable bonds is 4. The summed E-state index contributed by atoms with van der Waals surface area (Å²) in [7, 11) is 0. The normalized spacial score (nSPS) is 10.7. The van der Waals surface area contributed by atoms with Gasteiger partial charge in [0.1, 0.15) is 5.75 Å². The minimum Gasteiger partial charge on any atom is -0.454 e. The van der Waals surface area contributed by atoms with Crippen molar-refractivity contribution in [1.82, 2.24) is 0 Å². The summed E-state index contributed by atoms with van der Waals surface area (Å²) in [6, 6.07) is 7.31. The largest absolute Gasteiger partial charge is 0.454 e. The average molecular weight is 297 g/mol. The van der Waals surface area contributed by atoms with Crippen LogP contribution in [0.1, 0.15) is 17.6 Å². The minimum absolute atomic E-state index is 0.0546. The van der Waals surface area contributed by atoms with Crippen LogP contribution in [0, 0.1) is 22.9 Å². The molecule has 0 heterocycles. The van der Waals surface area contributed by atoms with E-state index in [0.29, 0.717) is 0 Å². The average Bonchev–Trinajstić information content (AvgIpc) is 2.42. The van der Waals surface area contributed by atoms with Gasteiger partial charge in [-0.15, -0.1) is 0 Å². The van der Waals surface area contributed by atoms with Gasteiger partial charge < -0.3 is 4.74 Å². The van der Waals surface area contributed by atoms with E-state index in [9.17, 15) is 23.3 Å². The fourth-order valence-electron chi connectivity index (χ4n) is 1.78. The van der Waals surface area contributed by atoms with Crippen molar-refractivity contribution in [2.75, 3.05) is 0 Å². The highest BCUT2D eigenvalue weighted by Gasteiger charge is 2.24. The van der Waals surface area contributed by atoms with Gasteiger partial charge >= 0.3 is 0 Å². The van der Waals surface area contributed by atoms with E-state index >= 15 is 0 Å². The van der Waals surface area contributed by atoms with Crippen LogP contribution in [0.2, 0.25) is 0 Å². The molecule has 0 unspecified atom stereocenters. The molecule has 0 N–H and O–H groups in total. The van der Waals surface area contributed by atoms with Gasteiger partial charge in [0.25, 0.3) is 12.1 Å². The van der Waals surface area contributed by atoms with E-state index in [1.807, 2.05) is 0 Å². The Bertz CT molecular complexity index is 689. The summed E-state index contributed by atoms with van der Waals surface area (Å²) >= 11 is 0. The second-order valence-electron chi connectivity index (χ2n) is 4.27. The quantitative estimate of drug-likeness (QED) is 0.603. The molecule has 0 bridgehead atoms. The zero-order valence-corrected chi connectivity index (χ0v) is 10.8. The number of alkyl halides is 2. The second-order valence-corrected chi connectivity index (χ2v) is 4.27. The highest BCUT2D eigenvalue weighted by Crippen LogP contribution is 2.36. The third-order valence-electron chi connectivity index (χ3n) is 2.81. The molecule has 2 rings (SSSR count). The van der Waals surface area contributed by atoms with Gasteiger partial charge in [0.15, 0.2) is 11.6 Å². The zero-order valence-electron chi connectivity index (χ0n) is 10.8. The van der Waals surface area contributed by atoms with Crippen molar-refractivity contribution >= 4 is 5.69 Å². The monoisotopic (exact) mass is 297 g/mol. The van der Waals surface area contributed by atoms with E-state index in [4.69, 9.17) is 4.74 Å². The first kappa shape index (κ1) is 14.8. The number of nitro benzene ring substituents is 1. The Morgan fingerprint density at radius 1 is 1.19 bits per heavy atom. The molecule has 0 radical (unpaired) electrons. The van der Waals surface area contributed by atoms with Crippen LogP contribution in [0.3, 0.4) is 0 Å². The van der Waals surface area contributed by atoms with Crippen molar-refractivity contribution in [2.24, 2.45) is 0 Å². The first-order valence-corrected chi connectivity index (χ1v) is 5.89. The van der Waals surface area contributed by atoms with E-state index < -0.39 is 28.4 Å². The van der Waals surface area contributed by atoms with Crippen LogP contribution in [0.5, 0.6) is 11.5 Å². The third kappa shape index (κ3) is 3.13. The smallest absolute Gasteiger partial charge is 0.278 e. The predicted octanol–water partition coefficient (Wildman–Crippen LogP) is 4.77. The number of benzene rings is 2. The number of nitro groups is 1. The Morgan fingerprint density at radius 2 is 1.86 bits per heavy atom. The Balaban J connectivity index is 2.48. The SMILES string of the molecule is Cc1cc([N+](=O)[O-])c(C(F)F)cc1Oc1ccccc1F. The maximum atomic E-state index is 13.5. The molecular formula is C14H10F3NO3. The standard InChI is InChI=1S/C14H10F3NO3/c1-8-6-11(18(19)20)9(14(16)17)7-13(8)21-12-5-3-2-4-10(12)15/h2-7,14H,1H3. The van der Waals surface area contributed by atoms with Crippen LogP contribution >= 0.6 is 0 Å². The van der Waals surface area contributed by atoms with Crippen LogP contribution < -0.4 is 4.74 Å². The lowest BCUT2D eigenvalue weighted by Gasteiger charge is -2.11. The van der Waals surface area contributed by atoms with Crippen molar-refractivity contribution in [3.8, 4) is 11.5 Å². The highest BCUT2D eigenvalue weighted by molar-refractivity contribution is 5.51. The Morgan fingerprint density at radius 3 is 2.43 bits per heavy atom. The molecular weight excluding hydrogens is 287 g/mol. The van der Waals surface area contributed by atoms with Crippen molar-refractivity contribution < 1.29 is 22.8 Å². The van der Waals surface area contributed by atoms with Gasteiger partial charge in [0, 0.05) is 6.07 Å². The summed E-state index contributed by atoms with van der Waals surface area (Å²) in [5, 5.41) is 10.8. The van der Waals surface area contributed by atoms with E-state index in [1.165, 1.54) is 25.1 Å². The summed E-state index contributed by atoms with van der Waals surface area (Å²) < 4.78 is 44.5. The number of nitrogens with zero attached hydrogens (tertiary/aromatic N) is 1. The molecule has 0 aromatic heterocycles. The zero-order chi connectivity index (χ0) is 15.6. The third-order valence-corrected chi connectivity index (χ3v) is 2.81. The molecule has 0 aliphatic heterocycles. The molecule has 2 aromatic rings. The first-order chi connectivity index (χ1) is 9.90. The van der Waals surface area contributed by atoms with Crippen molar-refractivity contribution in [2.45, 2.75) is 13.3 Å². The fraction of sp³-hybridized carbons (Fsp3) is 0.143. The van der Waals surface area contributed by atoms with Crippen LogP contribution in [-0.2, 0) is 0 Å². The van der Waals surface area contributed by atoms with Gasteiger partial charge in [0.2, 0.25) is 0 Å². The fourth-order valence-corrected chi connectivity index (χ4v) is 1.78. The summed E-state index contributed by atoms with van der Waals surface area (Å²) in [5.41, 5.74) is -1.20. The van der Waals surface area contributed by atoms with Gasteiger partial charge in [-0.3, -0.25) is 10.1 Å². The van der Waals surface area contributed by atoms with E-state index in [-0.39, 0.29) is 17.1 Å². The summed E-state index contributed by atoms with van der Waals surface area (Å²) in [4.78, 5) is 9.89. The predicted molar refractivity (Wildman–Crippen MR) is 69.3 cm³/mol. The first-order valence-electron chi connectivity index (χ1n) is 5.89. The molecule has 0 saturated carbocycles. The molecule has 110 valence electrons. The Kier molecular flexibility index (Phi) is 4.11. The van der Waals surface area contributed by atoms with Gasteiger partial charge in [0.05, 0.1) is 10.5 Å². The summed E-state index contributed by atoms with van der Waals surface area (Å²) in [6.07, 6.45) is -3.03. The molecule has 7 heteroatoms. The molecule has 0 fully saturated rings. The molecule has 0 spiro atoms. The molecule has 2 aromatic carbocycles. The molecule has 0 atom stereocenters. The minimum atomic E-state index is -3.03. The van der Waals surface area contributed by atoms with E-state index in [2.05, 4.69) is 0 Å². The number of aryl methyl sites for hydroxylation is 1. The molecule has 0 amide bonds. The lowest BCUT2D eigenvalue weighted by atomic mass is 10.1. The summed E-state index contributed by atoms with van der Waals surface area (Å²) in [5.74, 6) is -0.857. The van der Waals surface area contributed by atoms with E-state index in [0.717, 1.165) is 18.2 Å². The number of hydrogen-bond acceptors (Lipinski definition) is 3. The van der Waals surface area contributed by atoms with E-state index in [1.54, 1.807) is 0 Å². The van der Waals surface area contributed by atoms with Crippen LogP contribution in [0.15, 0.2) is 36.4 Å². The van der Waals surface area contributed by atoms with Crippen molar-refractivity contribution in [3.63, 3.8) is 0 Å². The van der Waals surface area contributed by atoms with Crippen molar-refractivity contribution in [3.05, 3.63) is 63.5 Å². The van der Waals surface area contributed by atoms with Gasteiger partial charge in [-0.25, -0.2) is 13.2 Å². The molecule has 0 aliphatic rings. The molecule has 21 heavy (non-hydrogen) atoms. The molecule has 0 saturated heterocycles. The van der Waals surface area contributed by atoms with Crippen LogP contribution in [0.25, 0.3) is 0 Å². The summed E-state index contributed by atoms with van der Waals surface area (Å²) in [6.45, 7) is 1.46. The second kappa shape index (κ2) is 5.82. The number of hydrogen-bond donors (Lipinski definition) is 0. The molecule has 4 nitrogen and oxygen atoms in total. The lowest BCUT2D eigenvalue weighted by molar-refractivity contribution is -0.386. The lowest BCUT2D eigenvalue weighted by Crippen LogP contribution is -1.99. The molecule has 0 aliphatic carbocycles. The Hall–Kier alpha value is -2.57. The number of para-hydroxylation sites is 1. The Labute approximate surface area is 117 Å². The van der Waals surface area contributed by atoms with Gasteiger partial charge in [-0.05, 0) is 30.7 Å². The number of halogens is 3. The maximum Gasteiger partial charge on any atom is 0.278 e. The number of ether oxygens (including phenoxy) is 1. The van der Waals surface area contributed by atoms with Gasteiger partial charge in [-0.2, -0.15) is 0 Å². The van der Waals surface area contributed by atoms with Gasteiger partial charge in [-0.1, -0.05) is 12.1 Å². The van der Waals surface area contributed by atoms with Crippen LogP contribution in [-0.4, -0.2) is 4.92 Å². The maximum absolute atomic E-state index is 13.5. The van der Waals surface area contributed by atoms with Crippen molar-refractivity contribution in [1.29, 1.82) is 0 Å². The highest BCUT2D eigenvalue weighted by atomic mass is 19.3. The topological polar surface area (TPSA) is 52.4 Å².